The van der Waals surface area contributed by atoms with Crippen LogP contribution in [-0.2, 0) is 9.53 Å². The molecular formula is C21H17N3O4. The van der Waals surface area contributed by atoms with Crippen LogP contribution in [0.15, 0.2) is 53.0 Å². The molecule has 0 aliphatic carbocycles. The first kappa shape index (κ1) is 18.9. The number of nitrogens with zero attached hydrogens (tertiary/aromatic N) is 3. The fourth-order valence-corrected chi connectivity index (χ4v) is 2.69. The van der Waals surface area contributed by atoms with Gasteiger partial charge < -0.3 is 9.47 Å². The third-order valence-electron chi connectivity index (χ3n) is 4.09. The van der Waals surface area contributed by atoms with Gasteiger partial charge in [-0.2, -0.15) is 10.2 Å². The van der Waals surface area contributed by atoms with Gasteiger partial charge in [0.2, 0.25) is 5.88 Å². The molecular weight excluding hydrogens is 358 g/mol. The van der Waals surface area contributed by atoms with Crippen LogP contribution in [0.3, 0.4) is 0 Å². The molecule has 0 radical (unpaired) electrons. The van der Waals surface area contributed by atoms with Crippen LogP contribution in [0.5, 0.6) is 11.6 Å². The third-order valence-corrected chi connectivity index (χ3v) is 4.09. The minimum absolute atomic E-state index is 0.000180. The Morgan fingerprint density at radius 2 is 2.04 bits per heavy atom. The number of aromatic nitrogens is 2. The highest BCUT2D eigenvalue weighted by Crippen LogP contribution is 2.27. The lowest BCUT2D eigenvalue weighted by molar-refractivity contribution is -0.135. The highest BCUT2D eigenvalue weighted by molar-refractivity contribution is 5.98. The molecule has 0 saturated carbocycles. The summed E-state index contributed by atoms with van der Waals surface area (Å²) in [4.78, 5) is 29.2. The number of methoxy groups -OCH3 is 1. The van der Waals surface area contributed by atoms with Gasteiger partial charge in [-0.1, -0.05) is 23.8 Å². The summed E-state index contributed by atoms with van der Waals surface area (Å²) in [5, 5.41) is 9.26. The number of carbonyl (C=O) groups is 1. The van der Waals surface area contributed by atoms with E-state index in [0.717, 1.165) is 24.3 Å². The Labute approximate surface area is 161 Å². The average molecular weight is 375 g/mol. The molecule has 0 unspecified atom stereocenters. The van der Waals surface area contributed by atoms with Crippen molar-refractivity contribution < 1.29 is 14.3 Å². The maximum atomic E-state index is 13.0. The Morgan fingerprint density at radius 1 is 1.25 bits per heavy atom. The number of rotatable bonds is 4. The van der Waals surface area contributed by atoms with Gasteiger partial charge in [0.25, 0.3) is 5.56 Å². The highest BCUT2D eigenvalue weighted by Gasteiger charge is 2.18. The predicted octanol–water partition coefficient (Wildman–Crippen LogP) is 3.18. The summed E-state index contributed by atoms with van der Waals surface area (Å²) in [5.41, 5.74) is 1.48. The lowest BCUT2D eigenvalue weighted by Gasteiger charge is -2.12. The van der Waals surface area contributed by atoms with E-state index in [1.807, 2.05) is 26.0 Å². The third kappa shape index (κ3) is 3.62. The number of aryl methyl sites for hydroxylation is 2. The first-order valence-electron chi connectivity index (χ1n) is 8.41. The molecule has 0 atom stereocenters. The largest absolute Gasteiger partial charge is 0.465 e. The number of pyridine rings is 1. The van der Waals surface area contributed by atoms with Crippen LogP contribution in [0.4, 0.5) is 0 Å². The minimum atomic E-state index is -0.850. The van der Waals surface area contributed by atoms with Crippen LogP contribution in [0.25, 0.3) is 11.7 Å². The van der Waals surface area contributed by atoms with Gasteiger partial charge in [0.1, 0.15) is 28.6 Å². The number of carbonyl (C=O) groups excluding carboxylic acids is 1. The lowest BCUT2D eigenvalue weighted by Crippen LogP contribution is -2.19. The molecule has 140 valence electrons. The van der Waals surface area contributed by atoms with E-state index in [4.69, 9.17) is 4.74 Å². The van der Waals surface area contributed by atoms with Crippen molar-refractivity contribution in [3.8, 4) is 17.7 Å². The minimum Gasteiger partial charge on any atom is -0.465 e. The molecule has 1 aromatic carbocycles. The fraction of sp³-hybridized carbons (Fsp3) is 0.143. The second-order valence-electron chi connectivity index (χ2n) is 6.10. The summed E-state index contributed by atoms with van der Waals surface area (Å²) in [7, 11) is 1.16. The molecule has 0 N–H and O–H groups in total. The molecule has 3 aromatic rings. The lowest BCUT2D eigenvalue weighted by atomic mass is 10.1. The van der Waals surface area contributed by atoms with Gasteiger partial charge in [-0.3, -0.25) is 9.20 Å². The fourth-order valence-electron chi connectivity index (χ4n) is 2.69. The van der Waals surface area contributed by atoms with Gasteiger partial charge in [-0.15, -0.1) is 0 Å². The van der Waals surface area contributed by atoms with Crippen molar-refractivity contribution in [3.05, 3.63) is 75.2 Å². The summed E-state index contributed by atoms with van der Waals surface area (Å²) in [6.07, 6.45) is 2.69. The van der Waals surface area contributed by atoms with Crippen LogP contribution in [0, 0.1) is 25.2 Å². The zero-order valence-corrected chi connectivity index (χ0v) is 15.6. The van der Waals surface area contributed by atoms with Crippen molar-refractivity contribution in [2.75, 3.05) is 7.11 Å². The van der Waals surface area contributed by atoms with E-state index in [1.54, 1.807) is 36.5 Å². The van der Waals surface area contributed by atoms with E-state index in [0.29, 0.717) is 11.4 Å². The van der Waals surface area contributed by atoms with Gasteiger partial charge in [-0.05, 0) is 43.7 Å². The van der Waals surface area contributed by atoms with Crippen molar-refractivity contribution in [2.45, 2.75) is 13.8 Å². The first-order valence-corrected chi connectivity index (χ1v) is 8.41. The van der Waals surface area contributed by atoms with E-state index < -0.39 is 11.5 Å². The van der Waals surface area contributed by atoms with Crippen LogP contribution >= 0.6 is 0 Å². The predicted molar refractivity (Wildman–Crippen MR) is 103 cm³/mol. The molecule has 0 aliphatic heterocycles. The quantitative estimate of drug-likeness (QED) is 0.395. The standard InChI is InChI=1S/C21H17N3O4/c1-13-7-8-17(14(2)10-13)28-19-16(11-15(12-22)21(26)27-3)20(25)24-9-5-4-6-18(24)23-19/h4-11H,1-3H3/b15-11+. The van der Waals surface area contributed by atoms with E-state index >= 15 is 0 Å². The number of ether oxygens (including phenoxy) is 2. The Balaban J connectivity index is 2.25. The van der Waals surface area contributed by atoms with Crippen molar-refractivity contribution in [2.24, 2.45) is 0 Å². The zero-order chi connectivity index (χ0) is 20.3. The van der Waals surface area contributed by atoms with Crippen molar-refractivity contribution >= 4 is 17.7 Å². The molecule has 0 spiro atoms. The Hall–Kier alpha value is -3.92. The van der Waals surface area contributed by atoms with Crippen molar-refractivity contribution in [3.63, 3.8) is 0 Å². The monoisotopic (exact) mass is 375 g/mol. The normalized spacial score (nSPS) is 11.1. The van der Waals surface area contributed by atoms with Crippen molar-refractivity contribution in [1.82, 2.24) is 9.38 Å². The van der Waals surface area contributed by atoms with Gasteiger partial charge >= 0.3 is 5.97 Å². The van der Waals surface area contributed by atoms with E-state index in [1.165, 1.54) is 4.40 Å². The molecule has 0 aliphatic rings. The van der Waals surface area contributed by atoms with Gasteiger partial charge in [0.05, 0.1) is 7.11 Å². The maximum absolute atomic E-state index is 13.0. The summed E-state index contributed by atoms with van der Waals surface area (Å²) in [5.74, 6) is -0.332. The Bertz CT molecular complexity index is 1200. The number of nitriles is 1. The van der Waals surface area contributed by atoms with Gasteiger partial charge in [0.15, 0.2) is 0 Å². The molecule has 0 saturated heterocycles. The van der Waals surface area contributed by atoms with Crippen molar-refractivity contribution in [1.29, 1.82) is 5.26 Å². The van der Waals surface area contributed by atoms with E-state index in [-0.39, 0.29) is 17.0 Å². The summed E-state index contributed by atoms with van der Waals surface area (Å²) >= 11 is 0. The molecule has 0 amide bonds. The number of fused-ring (bicyclic) bond motifs is 1. The topological polar surface area (TPSA) is 93.7 Å². The van der Waals surface area contributed by atoms with Crippen LogP contribution < -0.4 is 10.3 Å². The summed E-state index contributed by atoms with van der Waals surface area (Å²) < 4.78 is 11.8. The van der Waals surface area contributed by atoms with Crippen LogP contribution in [0.1, 0.15) is 16.7 Å². The first-order chi connectivity index (χ1) is 13.4. The Morgan fingerprint density at radius 3 is 2.71 bits per heavy atom. The number of hydrogen-bond acceptors (Lipinski definition) is 6. The summed E-state index contributed by atoms with van der Waals surface area (Å²) in [6.45, 7) is 3.84. The number of benzene rings is 1. The molecule has 3 rings (SSSR count). The highest BCUT2D eigenvalue weighted by atomic mass is 16.5. The Kier molecular flexibility index (Phi) is 5.23. The molecule has 0 fully saturated rings. The number of hydrogen-bond donors (Lipinski definition) is 0. The zero-order valence-electron chi connectivity index (χ0n) is 15.6. The number of esters is 1. The van der Waals surface area contributed by atoms with Gasteiger partial charge in [-0.25, -0.2) is 4.79 Å². The molecule has 28 heavy (non-hydrogen) atoms. The molecule has 7 nitrogen and oxygen atoms in total. The van der Waals surface area contributed by atoms with Crippen LogP contribution in [-0.4, -0.2) is 22.5 Å². The smallest absolute Gasteiger partial charge is 0.348 e. The van der Waals surface area contributed by atoms with E-state index in [2.05, 4.69) is 9.72 Å². The SMILES string of the molecule is COC(=O)/C(C#N)=C/c1c(Oc2ccc(C)cc2C)nc2ccccn2c1=O. The molecule has 2 aromatic heterocycles. The average Bonchev–Trinajstić information content (AvgIpc) is 2.69. The maximum Gasteiger partial charge on any atom is 0.348 e. The second-order valence-corrected chi connectivity index (χ2v) is 6.10. The summed E-state index contributed by atoms with van der Waals surface area (Å²) in [6, 6.07) is 12.4. The molecule has 0 bridgehead atoms. The molecule has 2 heterocycles. The second kappa shape index (κ2) is 7.76. The van der Waals surface area contributed by atoms with Crippen LogP contribution in [0.2, 0.25) is 0 Å². The molecule has 7 heteroatoms. The van der Waals surface area contributed by atoms with Gasteiger partial charge in [0, 0.05) is 6.20 Å². The van der Waals surface area contributed by atoms with E-state index in [9.17, 15) is 14.9 Å².